The molecule has 2 rings (SSSR count). The van der Waals surface area contributed by atoms with Gasteiger partial charge in [-0.2, -0.15) is 0 Å². The van der Waals surface area contributed by atoms with Crippen LogP contribution in [0.4, 0.5) is 0 Å². The summed E-state index contributed by atoms with van der Waals surface area (Å²) in [5.41, 5.74) is 0.420. The number of carbonyl (C=O) groups is 1. The first-order valence-electron chi connectivity index (χ1n) is 7.45. The molecule has 1 aromatic heterocycles. The maximum atomic E-state index is 12.3. The SMILES string of the molecule is CCCOC[C@H]1CCN(C(=O)c2cc(C(C)C)on2)C1. The number of nitrogens with zero attached hydrogens (tertiary/aromatic N) is 2. The third kappa shape index (κ3) is 3.60. The van der Waals surface area contributed by atoms with Gasteiger partial charge in [-0.15, -0.1) is 0 Å². The van der Waals surface area contributed by atoms with E-state index in [1.807, 2.05) is 18.7 Å². The summed E-state index contributed by atoms with van der Waals surface area (Å²) in [5, 5.41) is 3.88. The molecule has 1 amide bonds. The summed E-state index contributed by atoms with van der Waals surface area (Å²) in [6.45, 7) is 9.22. The van der Waals surface area contributed by atoms with Crippen molar-refractivity contribution in [1.29, 1.82) is 0 Å². The maximum absolute atomic E-state index is 12.3. The van der Waals surface area contributed by atoms with Gasteiger partial charge in [0.2, 0.25) is 0 Å². The molecule has 0 aromatic carbocycles. The van der Waals surface area contributed by atoms with Gasteiger partial charge in [0.05, 0.1) is 6.61 Å². The van der Waals surface area contributed by atoms with Crippen molar-refractivity contribution in [3.8, 4) is 0 Å². The molecule has 112 valence electrons. The van der Waals surface area contributed by atoms with Crippen LogP contribution >= 0.6 is 0 Å². The molecule has 20 heavy (non-hydrogen) atoms. The lowest BCUT2D eigenvalue weighted by Gasteiger charge is -2.14. The second-order valence-corrected chi connectivity index (χ2v) is 5.75. The molecular formula is C15H24N2O3. The third-order valence-electron chi connectivity index (χ3n) is 3.59. The number of hydrogen-bond acceptors (Lipinski definition) is 4. The highest BCUT2D eigenvalue weighted by Gasteiger charge is 2.28. The molecule has 0 N–H and O–H groups in total. The van der Waals surface area contributed by atoms with E-state index in [0.29, 0.717) is 11.6 Å². The maximum Gasteiger partial charge on any atom is 0.276 e. The van der Waals surface area contributed by atoms with E-state index < -0.39 is 0 Å². The lowest BCUT2D eigenvalue weighted by Crippen LogP contribution is -2.29. The summed E-state index contributed by atoms with van der Waals surface area (Å²) in [7, 11) is 0. The molecule has 1 aromatic rings. The zero-order chi connectivity index (χ0) is 14.5. The van der Waals surface area contributed by atoms with Crippen LogP contribution in [-0.2, 0) is 4.74 Å². The van der Waals surface area contributed by atoms with E-state index in [1.54, 1.807) is 6.07 Å². The lowest BCUT2D eigenvalue weighted by atomic mass is 10.1. The van der Waals surface area contributed by atoms with Gasteiger partial charge in [-0.1, -0.05) is 25.9 Å². The molecule has 1 aliphatic rings. The molecule has 0 aliphatic carbocycles. The smallest absolute Gasteiger partial charge is 0.276 e. The number of carbonyl (C=O) groups excluding carboxylic acids is 1. The van der Waals surface area contributed by atoms with E-state index in [2.05, 4.69) is 12.1 Å². The van der Waals surface area contributed by atoms with Crippen LogP contribution in [0.2, 0.25) is 0 Å². The molecule has 0 unspecified atom stereocenters. The standard InChI is InChI=1S/C15H24N2O3/c1-4-7-19-10-12-5-6-17(9-12)15(18)13-8-14(11(2)3)20-16-13/h8,11-12H,4-7,9-10H2,1-3H3/t12-/m0/s1. The Kier molecular flexibility index (Phi) is 5.17. The molecule has 0 radical (unpaired) electrons. The van der Waals surface area contributed by atoms with Crippen LogP contribution in [0.25, 0.3) is 0 Å². The van der Waals surface area contributed by atoms with Crippen LogP contribution in [0.3, 0.4) is 0 Å². The molecule has 1 fully saturated rings. The number of amides is 1. The van der Waals surface area contributed by atoms with Crippen molar-refractivity contribution in [2.45, 2.75) is 39.5 Å². The molecule has 0 bridgehead atoms. The Bertz CT molecular complexity index is 442. The first kappa shape index (κ1) is 15.0. The van der Waals surface area contributed by atoms with Crippen molar-refractivity contribution in [1.82, 2.24) is 10.1 Å². The Balaban J connectivity index is 1.87. The second-order valence-electron chi connectivity index (χ2n) is 5.75. The second kappa shape index (κ2) is 6.88. The van der Waals surface area contributed by atoms with Gasteiger partial charge in [0.25, 0.3) is 5.91 Å². The molecule has 5 nitrogen and oxygen atoms in total. The summed E-state index contributed by atoms with van der Waals surface area (Å²) in [6.07, 6.45) is 2.04. The molecule has 0 saturated carbocycles. The monoisotopic (exact) mass is 280 g/mol. The van der Waals surface area contributed by atoms with E-state index >= 15 is 0 Å². The fourth-order valence-electron chi connectivity index (χ4n) is 2.37. The molecule has 0 spiro atoms. The molecular weight excluding hydrogens is 256 g/mol. The number of ether oxygens (including phenoxy) is 1. The molecule has 1 aliphatic heterocycles. The van der Waals surface area contributed by atoms with E-state index in [4.69, 9.17) is 9.26 Å². The van der Waals surface area contributed by atoms with Gasteiger partial charge in [-0.25, -0.2) is 0 Å². The molecule has 2 heterocycles. The Morgan fingerprint density at radius 1 is 1.60 bits per heavy atom. The summed E-state index contributed by atoms with van der Waals surface area (Å²) in [5.74, 6) is 1.42. The van der Waals surface area contributed by atoms with E-state index in [9.17, 15) is 4.79 Å². The van der Waals surface area contributed by atoms with Crippen LogP contribution in [0, 0.1) is 5.92 Å². The van der Waals surface area contributed by atoms with Crippen molar-refractivity contribution in [3.05, 3.63) is 17.5 Å². The summed E-state index contributed by atoms with van der Waals surface area (Å²) in [6, 6.07) is 1.76. The van der Waals surface area contributed by atoms with Crippen LogP contribution < -0.4 is 0 Å². The van der Waals surface area contributed by atoms with Crippen molar-refractivity contribution < 1.29 is 14.1 Å². The Labute approximate surface area is 120 Å². The fourth-order valence-corrected chi connectivity index (χ4v) is 2.37. The molecule has 5 heteroatoms. The van der Waals surface area contributed by atoms with Gasteiger partial charge in [0.1, 0.15) is 5.76 Å². The zero-order valence-corrected chi connectivity index (χ0v) is 12.6. The number of hydrogen-bond donors (Lipinski definition) is 0. The highest BCUT2D eigenvalue weighted by atomic mass is 16.5. The predicted molar refractivity (Wildman–Crippen MR) is 75.7 cm³/mol. The normalized spacial score (nSPS) is 19.0. The minimum atomic E-state index is -0.0290. The topological polar surface area (TPSA) is 55.6 Å². The fraction of sp³-hybridized carbons (Fsp3) is 0.733. The van der Waals surface area contributed by atoms with E-state index in [1.165, 1.54) is 0 Å². The van der Waals surface area contributed by atoms with Crippen molar-refractivity contribution in [2.24, 2.45) is 5.92 Å². The number of rotatable bonds is 6. The number of likely N-dealkylation sites (tertiary alicyclic amines) is 1. The highest BCUT2D eigenvalue weighted by Crippen LogP contribution is 2.21. The first-order chi connectivity index (χ1) is 9.61. The molecule has 1 saturated heterocycles. The van der Waals surface area contributed by atoms with Crippen molar-refractivity contribution in [3.63, 3.8) is 0 Å². The minimum absolute atomic E-state index is 0.0290. The van der Waals surface area contributed by atoms with Gasteiger partial charge in [0, 0.05) is 37.6 Å². The van der Waals surface area contributed by atoms with Gasteiger partial charge in [-0.3, -0.25) is 4.79 Å². The summed E-state index contributed by atoms with van der Waals surface area (Å²) >= 11 is 0. The average molecular weight is 280 g/mol. The minimum Gasteiger partial charge on any atom is -0.381 e. The lowest BCUT2D eigenvalue weighted by molar-refractivity contribution is 0.0745. The van der Waals surface area contributed by atoms with Crippen LogP contribution in [0.5, 0.6) is 0 Å². The van der Waals surface area contributed by atoms with Crippen LogP contribution in [0.15, 0.2) is 10.6 Å². The average Bonchev–Trinajstić information content (AvgIpc) is 3.07. The zero-order valence-electron chi connectivity index (χ0n) is 12.6. The van der Waals surface area contributed by atoms with Gasteiger partial charge in [0.15, 0.2) is 5.69 Å². The Morgan fingerprint density at radius 3 is 3.05 bits per heavy atom. The predicted octanol–water partition coefficient (Wildman–Crippen LogP) is 2.69. The van der Waals surface area contributed by atoms with E-state index in [-0.39, 0.29) is 11.8 Å². The third-order valence-corrected chi connectivity index (χ3v) is 3.59. The van der Waals surface area contributed by atoms with Crippen LogP contribution in [-0.4, -0.2) is 42.3 Å². The van der Waals surface area contributed by atoms with Crippen molar-refractivity contribution in [2.75, 3.05) is 26.3 Å². The van der Waals surface area contributed by atoms with Crippen LogP contribution in [0.1, 0.15) is 55.8 Å². The van der Waals surface area contributed by atoms with Crippen molar-refractivity contribution >= 4 is 5.91 Å². The van der Waals surface area contributed by atoms with Gasteiger partial charge < -0.3 is 14.2 Å². The number of aromatic nitrogens is 1. The highest BCUT2D eigenvalue weighted by molar-refractivity contribution is 5.92. The largest absolute Gasteiger partial charge is 0.381 e. The van der Waals surface area contributed by atoms with Gasteiger partial charge in [-0.05, 0) is 12.8 Å². The van der Waals surface area contributed by atoms with E-state index in [0.717, 1.165) is 44.9 Å². The summed E-state index contributed by atoms with van der Waals surface area (Å²) < 4.78 is 10.8. The summed E-state index contributed by atoms with van der Waals surface area (Å²) in [4.78, 5) is 14.2. The first-order valence-corrected chi connectivity index (χ1v) is 7.45. The molecule has 1 atom stereocenters. The Morgan fingerprint density at radius 2 is 2.40 bits per heavy atom. The Hall–Kier alpha value is -1.36. The quantitative estimate of drug-likeness (QED) is 0.752. The van der Waals surface area contributed by atoms with Gasteiger partial charge >= 0.3 is 0 Å².